The molecular weight excluding hydrogens is 216 g/mol. The maximum Gasteiger partial charge on any atom is 0.288 e. The molecule has 2 aliphatic heterocycles. The van der Waals surface area contributed by atoms with Crippen LogP contribution in [0.25, 0.3) is 0 Å². The van der Waals surface area contributed by atoms with Crippen molar-refractivity contribution in [1.29, 1.82) is 0 Å². The number of hydrogen-bond donors (Lipinski definition) is 2. The first-order valence-corrected chi connectivity index (χ1v) is 4.83. The number of carbonyl (C=O) groups excluding carboxylic acids is 1. The number of rotatable bonds is 3. The summed E-state index contributed by atoms with van der Waals surface area (Å²) in [6, 6.07) is 0. The molecule has 86 valence electrons. The lowest BCUT2D eigenvalue weighted by molar-refractivity contribution is -0.0888. The smallest absolute Gasteiger partial charge is 0.288 e. The minimum atomic E-state index is -0.691. The Morgan fingerprint density at radius 1 is 1.56 bits per heavy atom. The number of fused-ring (bicyclic) bond motifs is 1. The van der Waals surface area contributed by atoms with Crippen LogP contribution < -0.4 is 5.73 Å². The maximum atomic E-state index is 10.8. The highest BCUT2D eigenvalue weighted by Crippen LogP contribution is 2.44. The van der Waals surface area contributed by atoms with Crippen LogP contribution in [0.1, 0.15) is 16.8 Å². The molecule has 4 unspecified atom stereocenters. The average Bonchev–Trinajstić information content (AvgIpc) is 2.78. The van der Waals surface area contributed by atoms with E-state index in [1.165, 1.54) is 11.0 Å². The minimum absolute atomic E-state index is 0.0618. The molecular formula is C8H10N4O4. The summed E-state index contributed by atoms with van der Waals surface area (Å²) in [5, 5.41) is 12.9. The van der Waals surface area contributed by atoms with Gasteiger partial charge in [0.05, 0.1) is 6.61 Å². The molecule has 3 rings (SSSR count). The van der Waals surface area contributed by atoms with Crippen LogP contribution in [0.4, 0.5) is 0 Å². The number of ether oxygens (including phenoxy) is 2. The molecule has 8 heteroatoms. The quantitative estimate of drug-likeness (QED) is 0.578. The van der Waals surface area contributed by atoms with Crippen LogP contribution in [0.15, 0.2) is 6.33 Å². The third-order valence-corrected chi connectivity index (χ3v) is 2.69. The van der Waals surface area contributed by atoms with Gasteiger partial charge in [-0.2, -0.15) is 0 Å². The summed E-state index contributed by atoms with van der Waals surface area (Å²) in [4.78, 5) is 14.6. The van der Waals surface area contributed by atoms with Gasteiger partial charge >= 0.3 is 0 Å². The van der Waals surface area contributed by atoms with Gasteiger partial charge in [-0.25, -0.2) is 9.67 Å². The summed E-state index contributed by atoms with van der Waals surface area (Å²) in [6.45, 7) is -0.102. The first kappa shape index (κ1) is 9.70. The monoisotopic (exact) mass is 226 g/mol. The lowest BCUT2D eigenvalue weighted by atomic mass is 10.2. The van der Waals surface area contributed by atoms with Gasteiger partial charge in [0.15, 0.2) is 6.23 Å². The number of nitrogens with zero attached hydrogens (tertiary/aromatic N) is 3. The highest BCUT2D eigenvalue weighted by atomic mass is 16.7. The van der Waals surface area contributed by atoms with Crippen LogP contribution in [0.3, 0.4) is 0 Å². The molecule has 0 bridgehead atoms. The Kier molecular flexibility index (Phi) is 1.96. The number of nitrogens with two attached hydrogens (primary N) is 1. The molecule has 2 saturated heterocycles. The van der Waals surface area contributed by atoms with E-state index in [4.69, 9.17) is 20.3 Å². The van der Waals surface area contributed by atoms with Crippen molar-refractivity contribution in [3.63, 3.8) is 0 Å². The van der Waals surface area contributed by atoms with Crippen LogP contribution in [0.2, 0.25) is 0 Å². The Morgan fingerprint density at radius 2 is 2.38 bits per heavy atom. The van der Waals surface area contributed by atoms with Gasteiger partial charge in [0.1, 0.15) is 24.6 Å². The van der Waals surface area contributed by atoms with Crippen LogP contribution in [0, 0.1) is 0 Å². The number of aliphatic hydroxyl groups is 1. The van der Waals surface area contributed by atoms with E-state index in [0.717, 1.165) is 0 Å². The molecule has 4 atom stereocenters. The summed E-state index contributed by atoms with van der Waals surface area (Å²) in [7, 11) is 0. The Hall–Kier alpha value is -1.51. The lowest BCUT2D eigenvalue weighted by Crippen LogP contribution is -2.23. The number of hydrogen-bond acceptors (Lipinski definition) is 6. The normalized spacial score (nSPS) is 36.1. The van der Waals surface area contributed by atoms with Crippen LogP contribution >= 0.6 is 0 Å². The van der Waals surface area contributed by atoms with Crippen molar-refractivity contribution in [3.8, 4) is 0 Å². The topological polar surface area (TPSA) is 116 Å². The second kappa shape index (κ2) is 3.24. The molecule has 3 heterocycles. The summed E-state index contributed by atoms with van der Waals surface area (Å²) >= 11 is 0. The van der Waals surface area contributed by atoms with Crippen molar-refractivity contribution in [2.24, 2.45) is 5.73 Å². The fraction of sp³-hybridized carbons (Fsp3) is 0.625. The first-order chi connectivity index (χ1) is 7.70. The number of amides is 1. The van der Waals surface area contributed by atoms with E-state index in [2.05, 4.69) is 10.1 Å². The van der Waals surface area contributed by atoms with Crippen LogP contribution in [-0.2, 0) is 9.47 Å². The Morgan fingerprint density at radius 3 is 2.94 bits per heavy atom. The molecule has 0 saturated carbocycles. The van der Waals surface area contributed by atoms with Gasteiger partial charge < -0.3 is 20.3 Å². The first-order valence-electron chi connectivity index (χ1n) is 4.83. The van der Waals surface area contributed by atoms with Crippen molar-refractivity contribution in [2.75, 3.05) is 6.61 Å². The molecule has 2 fully saturated rings. The summed E-state index contributed by atoms with van der Waals surface area (Å²) in [5.41, 5.74) is 5.03. The maximum absolute atomic E-state index is 10.8. The van der Waals surface area contributed by atoms with E-state index in [0.29, 0.717) is 0 Å². The number of aliphatic hydroxyl groups excluding tert-OH is 1. The second-order valence-electron chi connectivity index (χ2n) is 3.73. The van der Waals surface area contributed by atoms with Gasteiger partial charge in [-0.05, 0) is 0 Å². The molecule has 0 radical (unpaired) electrons. The van der Waals surface area contributed by atoms with Crippen molar-refractivity contribution >= 4 is 5.91 Å². The molecule has 2 aliphatic rings. The summed E-state index contributed by atoms with van der Waals surface area (Å²) in [6.07, 6.45) is 0.373. The zero-order valence-electron chi connectivity index (χ0n) is 8.18. The van der Waals surface area contributed by atoms with Gasteiger partial charge in [0.2, 0.25) is 5.82 Å². The predicted molar refractivity (Wildman–Crippen MR) is 48.2 cm³/mol. The summed E-state index contributed by atoms with van der Waals surface area (Å²) in [5.74, 6) is -0.753. The largest absolute Gasteiger partial charge is 0.394 e. The fourth-order valence-electron chi connectivity index (χ4n) is 1.87. The number of primary amides is 1. The number of carbonyl (C=O) groups is 1. The molecule has 0 aliphatic carbocycles. The predicted octanol–water partition coefficient (Wildman–Crippen LogP) is -1.97. The highest BCUT2D eigenvalue weighted by Gasteiger charge is 2.59. The third kappa shape index (κ3) is 1.31. The Bertz CT molecular complexity index is 433. The Balaban J connectivity index is 1.80. The zero-order chi connectivity index (χ0) is 11.3. The van der Waals surface area contributed by atoms with Crippen molar-refractivity contribution in [2.45, 2.75) is 24.5 Å². The van der Waals surface area contributed by atoms with E-state index < -0.39 is 12.1 Å². The number of aromatic nitrogens is 3. The molecule has 1 amide bonds. The Labute approximate surface area is 90.0 Å². The molecule has 1 aromatic rings. The van der Waals surface area contributed by atoms with Crippen molar-refractivity contribution in [1.82, 2.24) is 14.8 Å². The van der Waals surface area contributed by atoms with E-state index in [1.807, 2.05) is 0 Å². The van der Waals surface area contributed by atoms with E-state index >= 15 is 0 Å². The average molecular weight is 226 g/mol. The van der Waals surface area contributed by atoms with Crippen LogP contribution in [0.5, 0.6) is 0 Å². The lowest BCUT2D eigenvalue weighted by Gasteiger charge is -2.15. The van der Waals surface area contributed by atoms with E-state index in [9.17, 15) is 4.79 Å². The molecule has 0 spiro atoms. The van der Waals surface area contributed by atoms with Gasteiger partial charge in [-0.15, -0.1) is 5.10 Å². The number of epoxide rings is 1. The SMILES string of the molecule is NC(=O)c1ncn(C2OC(CO)C3OC32)n1. The van der Waals surface area contributed by atoms with E-state index in [-0.39, 0.29) is 30.7 Å². The molecule has 1 aromatic heterocycles. The highest BCUT2D eigenvalue weighted by molar-refractivity contribution is 5.88. The van der Waals surface area contributed by atoms with Crippen LogP contribution in [-0.4, -0.2) is 50.7 Å². The van der Waals surface area contributed by atoms with E-state index in [1.54, 1.807) is 0 Å². The second-order valence-corrected chi connectivity index (χ2v) is 3.73. The minimum Gasteiger partial charge on any atom is -0.394 e. The van der Waals surface area contributed by atoms with Crippen molar-refractivity contribution in [3.05, 3.63) is 12.2 Å². The van der Waals surface area contributed by atoms with Gasteiger partial charge in [0.25, 0.3) is 5.91 Å². The molecule has 3 N–H and O–H groups in total. The standard InChI is InChI=1S/C8H10N4O4/c9-6(14)7-10-2-12(11-7)8-5-4(16-5)3(1-13)15-8/h2-5,8,13H,1H2,(H2,9,14). The summed E-state index contributed by atoms with van der Waals surface area (Å²) < 4.78 is 12.2. The zero-order valence-corrected chi connectivity index (χ0v) is 8.18. The fourth-order valence-corrected chi connectivity index (χ4v) is 1.87. The molecule has 0 aromatic carbocycles. The van der Waals surface area contributed by atoms with Gasteiger partial charge in [-0.3, -0.25) is 4.79 Å². The van der Waals surface area contributed by atoms with Gasteiger partial charge in [-0.1, -0.05) is 0 Å². The van der Waals surface area contributed by atoms with Crippen molar-refractivity contribution < 1.29 is 19.4 Å². The third-order valence-electron chi connectivity index (χ3n) is 2.69. The molecule has 8 nitrogen and oxygen atoms in total. The van der Waals surface area contributed by atoms with Gasteiger partial charge in [0, 0.05) is 0 Å². The molecule has 16 heavy (non-hydrogen) atoms.